The van der Waals surface area contributed by atoms with E-state index in [4.69, 9.17) is 16.7 Å². The molecule has 1 saturated heterocycles. The maximum Gasteiger partial charge on any atom is 0.129 e. The summed E-state index contributed by atoms with van der Waals surface area (Å²) >= 11 is 6.04. The lowest BCUT2D eigenvalue weighted by Crippen LogP contribution is -2.43. The van der Waals surface area contributed by atoms with E-state index in [0.29, 0.717) is 29.7 Å². The third-order valence-corrected chi connectivity index (χ3v) is 3.93. The molecule has 19 heavy (non-hydrogen) atoms. The molecule has 0 radical (unpaired) electrons. The van der Waals surface area contributed by atoms with Gasteiger partial charge < -0.3 is 10.4 Å². The van der Waals surface area contributed by atoms with Crippen molar-refractivity contribution in [2.24, 2.45) is 0 Å². The van der Waals surface area contributed by atoms with E-state index in [2.05, 4.69) is 10.2 Å². The van der Waals surface area contributed by atoms with Crippen LogP contribution in [0.15, 0.2) is 18.2 Å². The van der Waals surface area contributed by atoms with Crippen LogP contribution in [0.1, 0.15) is 18.4 Å². The summed E-state index contributed by atoms with van der Waals surface area (Å²) in [6.45, 7) is 3.23. The largest absolute Gasteiger partial charge is 0.395 e. The minimum absolute atomic E-state index is 0.172. The molecule has 0 bridgehead atoms. The maximum atomic E-state index is 13.7. The molecule has 5 heteroatoms. The second kappa shape index (κ2) is 7.20. The van der Waals surface area contributed by atoms with E-state index in [1.807, 2.05) is 0 Å². The normalized spacial score (nSPS) is 17.8. The fourth-order valence-corrected chi connectivity index (χ4v) is 2.69. The Hall–Kier alpha value is -0.680. The van der Waals surface area contributed by atoms with E-state index < -0.39 is 0 Å². The Morgan fingerprint density at radius 2 is 2.11 bits per heavy atom. The summed E-state index contributed by atoms with van der Waals surface area (Å²) in [6.07, 6.45) is 2.04. The fraction of sp³-hybridized carbons (Fsp3) is 0.571. The number of benzene rings is 1. The summed E-state index contributed by atoms with van der Waals surface area (Å²) < 4.78 is 13.7. The minimum atomic E-state index is -0.229. The van der Waals surface area contributed by atoms with Crippen LogP contribution in [0.25, 0.3) is 0 Å². The molecule has 0 aromatic heterocycles. The van der Waals surface area contributed by atoms with Crippen LogP contribution in [0.5, 0.6) is 0 Å². The van der Waals surface area contributed by atoms with Crippen LogP contribution < -0.4 is 5.32 Å². The predicted molar refractivity (Wildman–Crippen MR) is 74.8 cm³/mol. The SMILES string of the molecule is OCCNC1CCN(Cc2c(F)cccc2Cl)CC1. The van der Waals surface area contributed by atoms with Gasteiger partial charge in [0.1, 0.15) is 5.82 Å². The van der Waals surface area contributed by atoms with Crippen LogP contribution in [-0.4, -0.2) is 42.3 Å². The smallest absolute Gasteiger partial charge is 0.129 e. The van der Waals surface area contributed by atoms with Crippen molar-refractivity contribution in [3.63, 3.8) is 0 Å². The van der Waals surface area contributed by atoms with Crippen molar-refractivity contribution < 1.29 is 9.50 Å². The topological polar surface area (TPSA) is 35.5 Å². The molecule has 1 aromatic carbocycles. The van der Waals surface area contributed by atoms with Crippen molar-refractivity contribution >= 4 is 11.6 Å². The lowest BCUT2D eigenvalue weighted by Gasteiger charge is -2.32. The molecule has 2 N–H and O–H groups in total. The third kappa shape index (κ3) is 4.14. The van der Waals surface area contributed by atoms with E-state index >= 15 is 0 Å². The van der Waals surface area contributed by atoms with Gasteiger partial charge in [-0.1, -0.05) is 17.7 Å². The highest BCUT2D eigenvalue weighted by Crippen LogP contribution is 2.22. The van der Waals surface area contributed by atoms with Crippen LogP contribution in [0, 0.1) is 5.82 Å². The Bertz CT molecular complexity index is 388. The molecular weight excluding hydrogens is 267 g/mol. The summed E-state index contributed by atoms with van der Waals surface area (Å²) in [5.41, 5.74) is 0.589. The Morgan fingerprint density at radius 1 is 1.37 bits per heavy atom. The summed E-state index contributed by atoms with van der Waals surface area (Å²) in [5, 5.41) is 12.6. The molecular formula is C14H20ClFN2O. The standard InChI is InChI=1S/C14H20ClFN2O/c15-13-2-1-3-14(16)12(13)10-18-7-4-11(5-8-18)17-6-9-19/h1-3,11,17,19H,4-10H2. The van der Waals surface area contributed by atoms with Crippen LogP contribution in [0.2, 0.25) is 5.02 Å². The van der Waals surface area contributed by atoms with Gasteiger partial charge in [-0.2, -0.15) is 0 Å². The van der Waals surface area contributed by atoms with Crippen molar-refractivity contribution in [3.8, 4) is 0 Å². The quantitative estimate of drug-likeness (QED) is 0.869. The molecule has 1 heterocycles. The van der Waals surface area contributed by atoms with E-state index in [-0.39, 0.29) is 12.4 Å². The summed E-state index contributed by atoms with van der Waals surface area (Å²) in [5.74, 6) is -0.229. The number of aliphatic hydroxyl groups excluding tert-OH is 1. The monoisotopic (exact) mass is 286 g/mol. The van der Waals surface area contributed by atoms with E-state index in [9.17, 15) is 4.39 Å². The molecule has 0 saturated carbocycles. The van der Waals surface area contributed by atoms with Gasteiger partial charge in [-0.15, -0.1) is 0 Å². The van der Waals surface area contributed by atoms with Crippen molar-refractivity contribution in [1.82, 2.24) is 10.2 Å². The van der Waals surface area contributed by atoms with Gasteiger partial charge in [0.25, 0.3) is 0 Å². The van der Waals surface area contributed by atoms with Crippen LogP contribution in [-0.2, 0) is 6.54 Å². The zero-order valence-electron chi connectivity index (χ0n) is 10.9. The first-order valence-electron chi connectivity index (χ1n) is 6.70. The van der Waals surface area contributed by atoms with E-state index in [1.165, 1.54) is 6.07 Å². The number of hydrogen-bond donors (Lipinski definition) is 2. The van der Waals surface area contributed by atoms with Crippen molar-refractivity contribution in [3.05, 3.63) is 34.6 Å². The second-order valence-electron chi connectivity index (χ2n) is 4.93. The predicted octanol–water partition coefficient (Wildman–Crippen LogP) is 2.03. The summed E-state index contributed by atoms with van der Waals surface area (Å²) in [6, 6.07) is 5.28. The van der Waals surface area contributed by atoms with Gasteiger partial charge in [-0.25, -0.2) is 4.39 Å². The first kappa shape index (κ1) is 14.7. The van der Waals surface area contributed by atoms with Gasteiger partial charge in [0.2, 0.25) is 0 Å². The first-order chi connectivity index (χ1) is 9.20. The zero-order valence-corrected chi connectivity index (χ0v) is 11.7. The number of likely N-dealkylation sites (tertiary alicyclic amines) is 1. The van der Waals surface area contributed by atoms with E-state index in [0.717, 1.165) is 25.9 Å². The molecule has 0 amide bonds. The lowest BCUT2D eigenvalue weighted by atomic mass is 10.0. The van der Waals surface area contributed by atoms with Crippen molar-refractivity contribution in [2.45, 2.75) is 25.4 Å². The highest BCUT2D eigenvalue weighted by atomic mass is 35.5. The van der Waals surface area contributed by atoms with Gasteiger partial charge in [0, 0.05) is 29.7 Å². The van der Waals surface area contributed by atoms with E-state index in [1.54, 1.807) is 12.1 Å². The van der Waals surface area contributed by atoms with Gasteiger partial charge >= 0.3 is 0 Å². The van der Waals surface area contributed by atoms with Crippen LogP contribution >= 0.6 is 11.6 Å². The number of nitrogens with one attached hydrogen (secondary N) is 1. The first-order valence-corrected chi connectivity index (χ1v) is 7.08. The highest BCUT2D eigenvalue weighted by molar-refractivity contribution is 6.31. The number of rotatable bonds is 5. The van der Waals surface area contributed by atoms with Crippen LogP contribution in [0.4, 0.5) is 4.39 Å². The number of nitrogens with zero attached hydrogens (tertiary/aromatic N) is 1. The van der Waals surface area contributed by atoms with Crippen molar-refractivity contribution in [1.29, 1.82) is 0 Å². The Morgan fingerprint density at radius 3 is 2.74 bits per heavy atom. The van der Waals surface area contributed by atoms with Gasteiger partial charge in [-0.3, -0.25) is 4.90 Å². The molecule has 1 aromatic rings. The molecule has 1 aliphatic rings. The van der Waals surface area contributed by atoms with Gasteiger partial charge in [-0.05, 0) is 38.1 Å². The molecule has 106 valence electrons. The fourth-order valence-electron chi connectivity index (χ4n) is 2.47. The summed E-state index contributed by atoms with van der Waals surface area (Å²) in [7, 11) is 0. The number of hydrogen-bond acceptors (Lipinski definition) is 3. The average molecular weight is 287 g/mol. The molecule has 1 aliphatic heterocycles. The Labute approximate surface area is 118 Å². The highest BCUT2D eigenvalue weighted by Gasteiger charge is 2.20. The lowest BCUT2D eigenvalue weighted by molar-refractivity contribution is 0.183. The average Bonchev–Trinajstić information content (AvgIpc) is 2.42. The number of piperidine rings is 1. The second-order valence-corrected chi connectivity index (χ2v) is 5.34. The number of halogens is 2. The Kier molecular flexibility index (Phi) is 5.58. The molecule has 0 spiro atoms. The van der Waals surface area contributed by atoms with Crippen molar-refractivity contribution in [2.75, 3.05) is 26.2 Å². The maximum absolute atomic E-state index is 13.7. The molecule has 2 rings (SSSR count). The molecule has 1 fully saturated rings. The molecule has 0 unspecified atom stereocenters. The third-order valence-electron chi connectivity index (χ3n) is 3.58. The Balaban J connectivity index is 1.85. The molecule has 3 nitrogen and oxygen atoms in total. The van der Waals surface area contributed by atoms with Gasteiger partial charge in [0.05, 0.1) is 6.61 Å². The number of aliphatic hydroxyl groups is 1. The van der Waals surface area contributed by atoms with Gasteiger partial charge in [0.15, 0.2) is 0 Å². The van der Waals surface area contributed by atoms with Crippen LogP contribution in [0.3, 0.4) is 0 Å². The minimum Gasteiger partial charge on any atom is -0.395 e. The summed E-state index contributed by atoms with van der Waals surface area (Å²) in [4.78, 5) is 2.22. The molecule has 0 atom stereocenters. The molecule has 0 aliphatic carbocycles. The zero-order chi connectivity index (χ0) is 13.7.